The molecule has 2 rings (SSSR count). The van der Waals surface area contributed by atoms with Gasteiger partial charge in [-0.25, -0.2) is 9.36 Å². The van der Waals surface area contributed by atoms with Crippen LogP contribution in [-0.2, 0) is 18.6 Å². The number of phosphoric ester groups is 1. The van der Waals surface area contributed by atoms with Crippen molar-refractivity contribution in [1.82, 2.24) is 9.55 Å². The highest BCUT2D eigenvalue weighted by molar-refractivity contribution is 7.46. The molecule has 16 nitrogen and oxygen atoms in total. The fraction of sp³-hybridized carbons (Fsp3) is 0.800. The smallest absolute Gasteiger partial charge is 0.396 e. The van der Waals surface area contributed by atoms with E-state index in [0.717, 1.165) is 4.57 Å². The van der Waals surface area contributed by atoms with Crippen molar-refractivity contribution in [2.24, 2.45) is 5.41 Å². The molecule has 0 bridgehead atoms. The first-order valence-electron chi connectivity index (χ1n) is 11.3. The van der Waals surface area contributed by atoms with E-state index in [0.29, 0.717) is 25.2 Å². The van der Waals surface area contributed by atoms with Crippen molar-refractivity contribution in [2.45, 2.75) is 45.1 Å². The third-order valence-electron chi connectivity index (χ3n) is 5.29. The van der Waals surface area contributed by atoms with Gasteiger partial charge in [0.05, 0.1) is 59.0 Å². The zero-order chi connectivity index (χ0) is 28.6. The number of aliphatic hydroxyl groups excluding tert-OH is 6. The van der Waals surface area contributed by atoms with Gasteiger partial charge in [-0.1, -0.05) is 6.92 Å². The first-order chi connectivity index (χ1) is 17.3. The summed E-state index contributed by atoms with van der Waals surface area (Å²) in [5, 5.41) is 51.9. The molecule has 1 aliphatic heterocycles. The van der Waals surface area contributed by atoms with Crippen LogP contribution < -0.4 is 11.2 Å². The Morgan fingerprint density at radius 2 is 1.65 bits per heavy atom. The third kappa shape index (κ3) is 13.2. The maximum Gasteiger partial charge on any atom is 0.469 e. The second-order valence-electron chi connectivity index (χ2n) is 8.08. The van der Waals surface area contributed by atoms with Crippen molar-refractivity contribution in [3.8, 4) is 0 Å². The second kappa shape index (κ2) is 17.9. The number of H-pyrrole nitrogens is 1. The number of aryl methyl sites for hydroxylation is 1. The van der Waals surface area contributed by atoms with Gasteiger partial charge in [0.1, 0.15) is 12.3 Å². The summed E-state index contributed by atoms with van der Waals surface area (Å²) in [7, 11) is -4.67. The maximum absolute atomic E-state index is 11.7. The Morgan fingerprint density at radius 1 is 1.11 bits per heavy atom. The lowest BCUT2D eigenvalue weighted by atomic mass is 9.88. The average Bonchev–Trinajstić information content (AvgIpc) is 3.23. The van der Waals surface area contributed by atoms with Crippen LogP contribution in [0.15, 0.2) is 15.8 Å². The van der Waals surface area contributed by atoms with Crippen LogP contribution in [0.5, 0.6) is 0 Å². The van der Waals surface area contributed by atoms with E-state index >= 15 is 0 Å². The van der Waals surface area contributed by atoms with Gasteiger partial charge < -0.3 is 49.9 Å². The van der Waals surface area contributed by atoms with Crippen LogP contribution in [0.25, 0.3) is 0 Å². The summed E-state index contributed by atoms with van der Waals surface area (Å²) in [6, 6.07) is 0. The lowest BCUT2D eigenvalue weighted by Gasteiger charge is -2.24. The predicted molar refractivity (Wildman–Crippen MR) is 128 cm³/mol. The summed E-state index contributed by atoms with van der Waals surface area (Å²) in [5.41, 5.74) is -1.59. The number of aliphatic hydroxyl groups is 6. The Kier molecular flexibility index (Phi) is 17.1. The molecule has 1 saturated heterocycles. The van der Waals surface area contributed by atoms with Crippen molar-refractivity contribution >= 4 is 7.82 Å². The Morgan fingerprint density at radius 3 is 2.05 bits per heavy atom. The third-order valence-corrected chi connectivity index (χ3v) is 5.78. The number of phosphoric acid groups is 1. The Labute approximate surface area is 212 Å². The van der Waals surface area contributed by atoms with Crippen LogP contribution in [0.2, 0.25) is 0 Å². The van der Waals surface area contributed by atoms with E-state index in [4.69, 9.17) is 40.1 Å². The molecule has 1 aromatic rings. The molecule has 218 valence electrons. The standard InChI is InChI=1S/C10H15N2O8P.C6H14O3.C4H10O3/c1-5-3-12(10(15)11-9(5)14)8-2-6(13)7(20-8)4-19-21(16,17)18;1-2-6(3-7,4-8)5-9;5-1-3-7-4-2-6/h3,6-8,13H,2,4H2,1H3,(H,11,14,15)(H2,16,17,18);7-9H,2-5H2,1H3;5-6H,1-4H2/t6-,7+,8+;;/m0../s1. The first kappa shape index (κ1) is 35.5. The molecule has 2 heterocycles. The number of hydrogen-bond acceptors (Lipinski definition) is 12. The number of nitrogens with one attached hydrogen (secondary N) is 1. The van der Waals surface area contributed by atoms with E-state index in [-0.39, 0.29) is 39.5 Å². The van der Waals surface area contributed by atoms with Crippen molar-refractivity contribution in [3.05, 3.63) is 32.6 Å². The molecular weight excluding hydrogens is 523 g/mol. The molecule has 0 unspecified atom stereocenters. The number of rotatable bonds is 12. The number of ether oxygens (including phenoxy) is 2. The summed E-state index contributed by atoms with van der Waals surface area (Å²) < 4.78 is 26.0. The minimum atomic E-state index is -4.67. The van der Waals surface area contributed by atoms with Crippen LogP contribution >= 0.6 is 7.82 Å². The highest BCUT2D eigenvalue weighted by Gasteiger charge is 2.37. The van der Waals surface area contributed by atoms with Crippen LogP contribution in [0.4, 0.5) is 0 Å². The Hall–Kier alpha value is -1.53. The molecule has 9 N–H and O–H groups in total. The first-order valence-corrected chi connectivity index (χ1v) is 12.8. The fourth-order valence-electron chi connectivity index (χ4n) is 2.72. The van der Waals surface area contributed by atoms with Gasteiger partial charge in [0.15, 0.2) is 0 Å². The zero-order valence-corrected chi connectivity index (χ0v) is 21.7. The van der Waals surface area contributed by atoms with E-state index in [9.17, 15) is 19.3 Å². The summed E-state index contributed by atoms with van der Waals surface area (Å²) in [6.07, 6.45) is -0.974. The molecule has 0 aromatic carbocycles. The van der Waals surface area contributed by atoms with Gasteiger partial charge in [-0.3, -0.25) is 18.9 Å². The van der Waals surface area contributed by atoms with Crippen LogP contribution in [-0.4, -0.2) is 115 Å². The van der Waals surface area contributed by atoms with Crippen molar-refractivity contribution in [1.29, 1.82) is 0 Å². The quantitative estimate of drug-likeness (QED) is 0.0905. The highest BCUT2D eigenvalue weighted by Crippen LogP contribution is 2.38. The molecule has 0 amide bonds. The average molecular weight is 563 g/mol. The molecule has 0 aliphatic carbocycles. The topological polar surface area (TPSA) is 261 Å². The Bertz CT molecular complexity index is 892. The molecule has 37 heavy (non-hydrogen) atoms. The van der Waals surface area contributed by atoms with Gasteiger partial charge >= 0.3 is 13.5 Å². The molecule has 3 atom stereocenters. The largest absolute Gasteiger partial charge is 0.469 e. The normalized spacial score (nSPS) is 19.6. The molecule has 1 aromatic heterocycles. The zero-order valence-electron chi connectivity index (χ0n) is 20.8. The predicted octanol–water partition coefficient (Wildman–Crippen LogP) is -3.05. The van der Waals surface area contributed by atoms with Gasteiger partial charge in [0, 0.05) is 23.6 Å². The maximum atomic E-state index is 11.7. The van der Waals surface area contributed by atoms with E-state index < -0.39 is 49.5 Å². The van der Waals surface area contributed by atoms with Crippen LogP contribution in [0, 0.1) is 12.3 Å². The molecule has 0 saturated carbocycles. The van der Waals surface area contributed by atoms with Crippen LogP contribution in [0.3, 0.4) is 0 Å². The van der Waals surface area contributed by atoms with Gasteiger partial charge in [-0.05, 0) is 13.3 Å². The number of hydrogen-bond donors (Lipinski definition) is 9. The van der Waals surface area contributed by atoms with Crippen molar-refractivity contribution in [3.63, 3.8) is 0 Å². The lowest BCUT2D eigenvalue weighted by molar-refractivity contribution is -0.0451. The summed E-state index contributed by atoms with van der Waals surface area (Å²) in [6.45, 7) is 3.04. The summed E-state index contributed by atoms with van der Waals surface area (Å²) in [5.74, 6) is 0. The molecule has 0 radical (unpaired) electrons. The van der Waals surface area contributed by atoms with Gasteiger partial charge in [-0.15, -0.1) is 0 Å². The van der Waals surface area contributed by atoms with E-state index in [1.54, 1.807) is 0 Å². The molecule has 0 spiro atoms. The van der Waals surface area contributed by atoms with Gasteiger partial charge in [-0.2, -0.15) is 0 Å². The molecular formula is C20H39N2O14P. The number of aromatic amines is 1. The molecule has 1 fully saturated rings. The van der Waals surface area contributed by atoms with E-state index in [1.807, 2.05) is 6.92 Å². The Balaban J connectivity index is 0.000000670. The van der Waals surface area contributed by atoms with Crippen molar-refractivity contribution in [2.75, 3.05) is 52.9 Å². The van der Waals surface area contributed by atoms with Gasteiger partial charge in [0.25, 0.3) is 5.56 Å². The number of nitrogens with zero attached hydrogens (tertiary/aromatic N) is 1. The second-order valence-corrected chi connectivity index (χ2v) is 9.32. The highest BCUT2D eigenvalue weighted by atomic mass is 31.2. The van der Waals surface area contributed by atoms with Gasteiger partial charge in [0.2, 0.25) is 0 Å². The minimum absolute atomic E-state index is 0.0278. The SMILES string of the molecule is CCC(CO)(CO)CO.Cc1cn([C@H]2C[C@H](O)[C@@H](COP(=O)(O)O)O2)c(=O)[nH]c1=O.OCCOCCO. The monoisotopic (exact) mass is 562 g/mol. The number of aromatic nitrogens is 2. The van der Waals surface area contributed by atoms with E-state index in [2.05, 4.69) is 14.2 Å². The molecule has 1 aliphatic rings. The fourth-order valence-corrected chi connectivity index (χ4v) is 3.06. The summed E-state index contributed by atoms with van der Waals surface area (Å²) >= 11 is 0. The lowest BCUT2D eigenvalue weighted by Crippen LogP contribution is -2.33. The van der Waals surface area contributed by atoms with Crippen molar-refractivity contribution < 1.29 is 59.0 Å². The summed E-state index contributed by atoms with van der Waals surface area (Å²) in [4.78, 5) is 42.3. The van der Waals surface area contributed by atoms with Crippen LogP contribution in [0.1, 0.15) is 31.6 Å². The minimum Gasteiger partial charge on any atom is -0.396 e. The molecule has 17 heteroatoms. The van der Waals surface area contributed by atoms with E-state index in [1.165, 1.54) is 13.1 Å².